The summed E-state index contributed by atoms with van der Waals surface area (Å²) >= 11 is 0. The number of hydrogen-bond acceptors (Lipinski definition) is 3. The van der Waals surface area contributed by atoms with Crippen molar-refractivity contribution in [1.29, 1.82) is 0 Å². The van der Waals surface area contributed by atoms with Gasteiger partial charge >= 0.3 is 0 Å². The van der Waals surface area contributed by atoms with Crippen molar-refractivity contribution >= 4 is 0 Å². The van der Waals surface area contributed by atoms with Crippen LogP contribution in [0.3, 0.4) is 0 Å². The van der Waals surface area contributed by atoms with Gasteiger partial charge in [-0.1, -0.05) is 13.3 Å². The largest absolute Gasteiger partial charge is 0.369 e. The van der Waals surface area contributed by atoms with E-state index in [0.29, 0.717) is 6.04 Å². The van der Waals surface area contributed by atoms with Gasteiger partial charge in [0.05, 0.1) is 24.8 Å². The van der Waals surface area contributed by atoms with E-state index in [1.54, 1.807) is 0 Å². The molecule has 0 spiro atoms. The Kier molecular flexibility index (Phi) is 3.16. The number of morpholine rings is 1. The first-order valence-corrected chi connectivity index (χ1v) is 6.74. The molecule has 0 amide bonds. The molecule has 1 saturated carbocycles. The average molecular weight is 235 g/mol. The molecule has 2 fully saturated rings. The highest BCUT2D eigenvalue weighted by Gasteiger charge is 2.39. The van der Waals surface area contributed by atoms with E-state index in [-0.39, 0.29) is 6.10 Å². The molecule has 4 heteroatoms. The molecule has 0 aromatic carbocycles. The lowest BCUT2D eigenvalue weighted by atomic mass is 10.2. The van der Waals surface area contributed by atoms with Gasteiger partial charge < -0.3 is 14.6 Å². The molecule has 0 bridgehead atoms. The van der Waals surface area contributed by atoms with Crippen molar-refractivity contribution in [2.24, 2.45) is 5.92 Å². The van der Waals surface area contributed by atoms with Crippen molar-refractivity contribution < 1.29 is 4.74 Å². The van der Waals surface area contributed by atoms with Crippen LogP contribution in [0.15, 0.2) is 12.5 Å². The lowest BCUT2D eigenvalue weighted by Crippen LogP contribution is -2.34. The number of nitrogens with zero attached hydrogens (tertiary/aromatic N) is 2. The number of aromatic nitrogens is 2. The quantitative estimate of drug-likeness (QED) is 0.866. The Hall–Kier alpha value is -0.870. The summed E-state index contributed by atoms with van der Waals surface area (Å²) in [5, 5.41) is 3.38. The summed E-state index contributed by atoms with van der Waals surface area (Å²) in [5.41, 5.74) is 1.25. The van der Waals surface area contributed by atoms with E-state index >= 15 is 0 Å². The minimum atomic E-state index is 0.189. The zero-order valence-electron chi connectivity index (χ0n) is 10.4. The van der Waals surface area contributed by atoms with Crippen LogP contribution in [0, 0.1) is 5.92 Å². The summed E-state index contributed by atoms with van der Waals surface area (Å²) in [5.74, 6) is 0.865. The van der Waals surface area contributed by atoms with Crippen molar-refractivity contribution in [2.45, 2.75) is 38.3 Å². The Bertz CT molecular complexity index is 370. The standard InChI is InChI=1S/C13H21N3O/c1-2-3-10-6-11(10)16-9-15-7-12(16)13-8-14-4-5-17-13/h7,9-11,13-14H,2-6,8H2,1H3. The molecule has 3 unspecified atom stereocenters. The van der Waals surface area contributed by atoms with Gasteiger partial charge in [0.25, 0.3) is 0 Å². The summed E-state index contributed by atoms with van der Waals surface area (Å²) in [6, 6.07) is 0.679. The van der Waals surface area contributed by atoms with E-state index in [1.165, 1.54) is 25.0 Å². The van der Waals surface area contributed by atoms with E-state index < -0.39 is 0 Å². The monoisotopic (exact) mass is 235 g/mol. The van der Waals surface area contributed by atoms with Crippen LogP contribution in [0.5, 0.6) is 0 Å². The van der Waals surface area contributed by atoms with Gasteiger partial charge in [0.1, 0.15) is 6.10 Å². The summed E-state index contributed by atoms with van der Waals surface area (Å²) in [6.45, 7) is 4.95. The van der Waals surface area contributed by atoms with E-state index in [2.05, 4.69) is 21.8 Å². The lowest BCUT2D eigenvalue weighted by Gasteiger charge is -2.24. The molecule has 2 heterocycles. The Labute approximate surface area is 102 Å². The third kappa shape index (κ3) is 2.24. The van der Waals surface area contributed by atoms with Crippen LogP contribution in [0.1, 0.15) is 44.0 Å². The molecule has 1 aliphatic carbocycles. The van der Waals surface area contributed by atoms with Crippen LogP contribution in [-0.2, 0) is 4.74 Å². The van der Waals surface area contributed by atoms with Crippen molar-refractivity contribution in [3.8, 4) is 0 Å². The molecule has 1 aromatic heterocycles. The van der Waals surface area contributed by atoms with Crippen molar-refractivity contribution in [3.63, 3.8) is 0 Å². The first kappa shape index (κ1) is 11.2. The predicted octanol–water partition coefficient (Wildman–Crippen LogP) is 1.91. The number of ether oxygens (including phenoxy) is 1. The normalized spacial score (nSPS) is 32.6. The van der Waals surface area contributed by atoms with Crippen LogP contribution in [0.2, 0.25) is 0 Å². The van der Waals surface area contributed by atoms with Gasteiger partial charge in [-0.2, -0.15) is 0 Å². The summed E-state index contributed by atoms with van der Waals surface area (Å²) in [4.78, 5) is 4.31. The number of imidazole rings is 1. The van der Waals surface area contributed by atoms with Gasteiger partial charge in [0.15, 0.2) is 0 Å². The molecule has 0 radical (unpaired) electrons. The fraction of sp³-hybridized carbons (Fsp3) is 0.769. The topological polar surface area (TPSA) is 39.1 Å². The zero-order chi connectivity index (χ0) is 11.7. The molecule has 1 N–H and O–H groups in total. The molecule has 2 aliphatic rings. The van der Waals surface area contributed by atoms with Gasteiger partial charge in [-0.15, -0.1) is 0 Å². The fourth-order valence-corrected chi connectivity index (χ4v) is 2.85. The highest BCUT2D eigenvalue weighted by atomic mass is 16.5. The molecule has 94 valence electrons. The number of rotatable bonds is 4. The SMILES string of the molecule is CCCC1CC1n1cncc1C1CNCCO1. The molecule has 3 rings (SSSR count). The molecular formula is C13H21N3O. The lowest BCUT2D eigenvalue weighted by molar-refractivity contribution is 0.0226. The Morgan fingerprint density at radius 3 is 3.29 bits per heavy atom. The summed E-state index contributed by atoms with van der Waals surface area (Å²) in [7, 11) is 0. The van der Waals surface area contributed by atoms with E-state index in [4.69, 9.17) is 4.74 Å². The van der Waals surface area contributed by atoms with Crippen molar-refractivity contribution in [2.75, 3.05) is 19.7 Å². The maximum absolute atomic E-state index is 5.81. The number of hydrogen-bond donors (Lipinski definition) is 1. The third-order valence-electron chi connectivity index (χ3n) is 3.86. The Morgan fingerprint density at radius 2 is 2.53 bits per heavy atom. The van der Waals surface area contributed by atoms with E-state index in [1.807, 2.05) is 12.5 Å². The van der Waals surface area contributed by atoms with Crippen LogP contribution in [0.25, 0.3) is 0 Å². The van der Waals surface area contributed by atoms with Gasteiger partial charge in [0.2, 0.25) is 0 Å². The van der Waals surface area contributed by atoms with Crippen molar-refractivity contribution in [1.82, 2.24) is 14.9 Å². The Balaban J connectivity index is 1.71. The molecule has 1 aliphatic heterocycles. The highest BCUT2D eigenvalue weighted by Crippen LogP contribution is 2.47. The van der Waals surface area contributed by atoms with Crippen LogP contribution in [-0.4, -0.2) is 29.2 Å². The second-order valence-electron chi connectivity index (χ2n) is 5.14. The second-order valence-corrected chi connectivity index (χ2v) is 5.14. The van der Waals surface area contributed by atoms with E-state index in [9.17, 15) is 0 Å². The molecule has 1 aromatic rings. The first-order valence-electron chi connectivity index (χ1n) is 6.74. The van der Waals surface area contributed by atoms with E-state index in [0.717, 1.165) is 25.6 Å². The summed E-state index contributed by atoms with van der Waals surface area (Å²) in [6.07, 6.45) is 8.08. The third-order valence-corrected chi connectivity index (χ3v) is 3.86. The van der Waals surface area contributed by atoms with Gasteiger partial charge in [-0.05, 0) is 18.8 Å². The Morgan fingerprint density at radius 1 is 1.59 bits per heavy atom. The minimum absolute atomic E-state index is 0.189. The highest BCUT2D eigenvalue weighted by molar-refractivity contribution is 5.10. The van der Waals surface area contributed by atoms with Crippen molar-refractivity contribution in [3.05, 3.63) is 18.2 Å². The minimum Gasteiger partial charge on any atom is -0.369 e. The maximum Gasteiger partial charge on any atom is 0.111 e. The van der Waals surface area contributed by atoms with Crippen LogP contribution < -0.4 is 5.32 Å². The molecular weight excluding hydrogens is 214 g/mol. The fourth-order valence-electron chi connectivity index (χ4n) is 2.85. The van der Waals surface area contributed by atoms with Crippen LogP contribution in [0.4, 0.5) is 0 Å². The van der Waals surface area contributed by atoms with Gasteiger partial charge in [0, 0.05) is 19.1 Å². The molecule has 17 heavy (non-hydrogen) atoms. The smallest absolute Gasteiger partial charge is 0.111 e. The van der Waals surface area contributed by atoms with Gasteiger partial charge in [-0.25, -0.2) is 4.98 Å². The second kappa shape index (κ2) is 4.78. The molecule has 4 nitrogen and oxygen atoms in total. The zero-order valence-corrected chi connectivity index (χ0v) is 10.4. The maximum atomic E-state index is 5.81. The summed E-state index contributed by atoms with van der Waals surface area (Å²) < 4.78 is 8.16. The molecule has 3 atom stereocenters. The average Bonchev–Trinajstić information content (AvgIpc) is 2.96. The first-order chi connectivity index (χ1) is 8.40. The van der Waals surface area contributed by atoms with Gasteiger partial charge in [-0.3, -0.25) is 0 Å². The molecule has 1 saturated heterocycles. The predicted molar refractivity (Wildman–Crippen MR) is 65.8 cm³/mol. The number of nitrogens with one attached hydrogen (secondary N) is 1. The van der Waals surface area contributed by atoms with Crippen LogP contribution >= 0.6 is 0 Å².